The van der Waals surface area contributed by atoms with Crippen LogP contribution in [0.3, 0.4) is 0 Å². The molecule has 9 heteroatoms. The molecule has 0 spiro atoms. The molecule has 0 aromatic heterocycles. The second kappa shape index (κ2) is 19.8. The van der Waals surface area contributed by atoms with E-state index in [2.05, 4.69) is 0 Å². The van der Waals surface area contributed by atoms with Crippen LogP contribution in [-0.4, -0.2) is 83.1 Å². The van der Waals surface area contributed by atoms with Gasteiger partial charge in [0.25, 0.3) is 0 Å². The maximum absolute atomic E-state index is 10.00. The Morgan fingerprint density at radius 2 is 1.32 bits per heavy atom. The summed E-state index contributed by atoms with van der Waals surface area (Å²) in [6.07, 6.45) is 1.72. The average molecular weight is 647 g/mol. The fraction of sp³-hybridized carbons (Fsp3) is 0.480. The Labute approximate surface area is 216 Å². The van der Waals surface area contributed by atoms with E-state index in [1.165, 1.54) is 5.56 Å². The van der Waals surface area contributed by atoms with Gasteiger partial charge >= 0.3 is 0 Å². The first-order chi connectivity index (χ1) is 16.2. The van der Waals surface area contributed by atoms with Crippen LogP contribution in [-0.2, 0) is 46.4 Å². The number of hydrogen-bond acceptors (Lipinski definition) is 8. The van der Waals surface area contributed by atoms with E-state index in [4.69, 9.17) is 33.5 Å². The van der Waals surface area contributed by atoms with E-state index in [0.29, 0.717) is 38.8 Å². The number of aliphatic hydroxyl groups is 2. The third-order valence-electron chi connectivity index (χ3n) is 4.47. The SMILES string of the molecule is COCCOCOCCOCC(O)COc1ccc(Cc2ccc(OC[CH-]CO)cc2)cc1.[W]. The topological polar surface area (TPSA) is 95.8 Å². The Morgan fingerprint density at radius 3 is 1.91 bits per heavy atom. The molecule has 2 rings (SSSR count). The number of rotatable bonds is 19. The van der Waals surface area contributed by atoms with Gasteiger partial charge in [0.1, 0.15) is 31.0 Å². The van der Waals surface area contributed by atoms with Crippen LogP contribution in [0.15, 0.2) is 48.5 Å². The molecule has 0 aliphatic heterocycles. The van der Waals surface area contributed by atoms with E-state index in [1.807, 2.05) is 48.5 Å². The summed E-state index contributed by atoms with van der Waals surface area (Å²) in [5, 5.41) is 18.7. The predicted octanol–water partition coefficient (Wildman–Crippen LogP) is 2.24. The summed E-state index contributed by atoms with van der Waals surface area (Å²) in [6, 6.07) is 15.7. The van der Waals surface area contributed by atoms with E-state index in [-0.39, 0.29) is 47.7 Å². The summed E-state index contributed by atoms with van der Waals surface area (Å²) in [6.45, 7) is 2.68. The largest absolute Gasteiger partial charge is 0.525 e. The van der Waals surface area contributed by atoms with Gasteiger partial charge in [0.2, 0.25) is 0 Å². The van der Waals surface area contributed by atoms with Crippen molar-refractivity contribution in [1.82, 2.24) is 0 Å². The third-order valence-corrected chi connectivity index (χ3v) is 4.47. The van der Waals surface area contributed by atoms with Crippen LogP contribution in [0.4, 0.5) is 0 Å². The Morgan fingerprint density at radius 1 is 0.765 bits per heavy atom. The van der Waals surface area contributed by atoms with Gasteiger partial charge in [-0.15, -0.1) is 0 Å². The van der Waals surface area contributed by atoms with Crippen molar-refractivity contribution in [2.24, 2.45) is 0 Å². The predicted molar refractivity (Wildman–Crippen MR) is 124 cm³/mol. The number of methoxy groups -OCH3 is 1. The Hall–Kier alpha value is -1.51. The Balaban J connectivity index is 0.00000578. The van der Waals surface area contributed by atoms with Crippen molar-refractivity contribution in [1.29, 1.82) is 0 Å². The molecule has 1 atom stereocenters. The molecular formula is C25H35O8W-. The molecule has 0 bridgehead atoms. The zero-order valence-corrected chi connectivity index (χ0v) is 22.5. The van der Waals surface area contributed by atoms with E-state index < -0.39 is 6.10 Å². The van der Waals surface area contributed by atoms with Gasteiger partial charge < -0.3 is 38.6 Å². The maximum Gasteiger partial charge on any atom is 0.146 e. The van der Waals surface area contributed by atoms with Gasteiger partial charge in [-0.2, -0.15) is 0 Å². The van der Waals surface area contributed by atoms with Gasteiger partial charge in [0, 0.05) is 28.2 Å². The molecule has 0 amide bonds. The molecule has 0 aliphatic carbocycles. The summed E-state index contributed by atoms with van der Waals surface area (Å²) in [7, 11) is 1.61. The van der Waals surface area contributed by atoms with Gasteiger partial charge in [-0.05, 0) is 48.4 Å². The van der Waals surface area contributed by atoms with Gasteiger partial charge in [0.05, 0.1) is 33.0 Å². The molecule has 2 aromatic rings. The summed E-state index contributed by atoms with van der Waals surface area (Å²) < 4.78 is 31.8. The normalized spacial score (nSPS) is 11.6. The molecular weight excluding hydrogens is 612 g/mol. The van der Waals surface area contributed by atoms with Crippen molar-refractivity contribution in [3.8, 4) is 11.5 Å². The molecule has 0 fully saturated rings. The first-order valence-electron chi connectivity index (χ1n) is 11.0. The fourth-order valence-corrected chi connectivity index (χ4v) is 2.75. The van der Waals surface area contributed by atoms with E-state index in [9.17, 15) is 5.11 Å². The number of ether oxygens (including phenoxy) is 6. The molecule has 8 nitrogen and oxygen atoms in total. The fourth-order valence-electron chi connectivity index (χ4n) is 2.75. The second-order valence-corrected chi connectivity index (χ2v) is 7.21. The van der Waals surface area contributed by atoms with Crippen molar-refractivity contribution < 1.29 is 59.7 Å². The van der Waals surface area contributed by atoms with Gasteiger partial charge in [0.15, 0.2) is 0 Å². The number of hydrogen-bond donors (Lipinski definition) is 2. The first-order valence-corrected chi connectivity index (χ1v) is 11.0. The van der Waals surface area contributed by atoms with Crippen molar-refractivity contribution in [2.75, 3.05) is 66.8 Å². The number of aliphatic hydroxyl groups excluding tert-OH is 2. The summed E-state index contributed by atoms with van der Waals surface area (Å²) in [5.74, 6) is 1.47. The van der Waals surface area contributed by atoms with E-state index in [0.717, 1.165) is 17.7 Å². The summed E-state index contributed by atoms with van der Waals surface area (Å²) in [5.41, 5.74) is 2.32. The van der Waals surface area contributed by atoms with Gasteiger partial charge in [-0.1, -0.05) is 30.9 Å². The van der Waals surface area contributed by atoms with Crippen molar-refractivity contribution in [2.45, 2.75) is 12.5 Å². The van der Waals surface area contributed by atoms with Crippen molar-refractivity contribution in [3.05, 3.63) is 66.1 Å². The van der Waals surface area contributed by atoms with E-state index in [1.54, 1.807) is 13.5 Å². The minimum absolute atomic E-state index is 0. The molecule has 190 valence electrons. The molecule has 0 aliphatic rings. The minimum atomic E-state index is -0.724. The summed E-state index contributed by atoms with van der Waals surface area (Å²) in [4.78, 5) is 0. The van der Waals surface area contributed by atoms with Crippen LogP contribution in [0.25, 0.3) is 0 Å². The van der Waals surface area contributed by atoms with E-state index >= 15 is 0 Å². The van der Waals surface area contributed by atoms with Crippen LogP contribution >= 0.6 is 0 Å². The Bertz CT molecular complexity index is 727. The zero-order chi connectivity index (χ0) is 23.6. The van der Waals surface area contributed by atoms with Gasteiger partial charge in [-0.25, -0.2) is 0 Å². The van der Waals surface area contributed by atoms with Crippen molar-refractivity contribution in [3.63, 3.8) is 0 Å². The van der Waals surface area contributed by atoms with Crippen molar-refractivity contribution >= 4 is 0 Å². The summed E-state index contributed by atoms with van der Waals surface area (Å²) >= 11 is 0. The molecule has 0 saturated carbocycles. The Kier molecular flexibility index (Phi) is 17.7. The quantitative estimate of drug-likeness (QED) is 0.136. The molecule has 0 radical (unpaired) electrons. The number of benzene rings is 2. The minimum Gasteiger partial charge on any atom is -0.525 e. The monoisotopic (exact) mass is 647 g/mol. The third kappa shape index (κ3) is 14.0. The van der Waals surface area contributed by atoms with Crippen LogP contribution in [0.1, 0.15) is 11.1 Å². The molecule has 0 heterocycles. The maximum atomic E-state index is 10.00. The second-order valence-electron chi connectivity index (χ2n) is 7.21. The average Bonchev–Trinajstić information content (AvgIpc) is 2.84. The smallest absolute Gasteiger partial charge is 0.146 e. The standard InChI is InChI=1S/C25H35O8.W/c1-28-13-14-30-20-31-16-15-29-18-23(27)19-33-25-9-5-22(6-10-25)17-21-3-7-24(8-4-21)32-12-2-11-26;/h2-10,23,26-27H,11-20H2,1H3;/q-1;. The van der Waals surface area contributed by atoms with Gasteiger partial charge in [-0.3, -0.25) is 6.42 Å². The zero-order valence-electron chi connectivity index (χ0n) is 19.6. The molecule has 0 saturated heterocycles. The molecule has 2 aromatic carbocycles. The molecule has 34 heavy (non-hydrogen) atoms. The van der Waals surface area contributed by atoms with Crippen LogP contribution in [0.5, 0.6) is 11.5 Å². The molecule has 1 unspecified atom stereocenters. The first kappa shape index (κ1) is 30.5. The molecule has 2 N–H and O–H groups in total. The van der Waals surface area contributed by atoms with Crippen LogP contribution in [0.2, 0.25) is 0 Å². The van der Waals surface area contributed by atoms with Crippen LogP contribution in [0, 0.1) is 6.42 Å². The van der Waals surface area contributed by atoms with Crippen LogP contribution < -0.4 is 9.47 Å².